The maximum absolute atomic E-state index is 12.2. The molecule has 2 aliphatic heterocycles. The fourth-order valence-corrected chi connectivity index (χ4v) is 2.74. The molecule has 24 heavy (non-hydrogen) atoms. The summed E-state index contributed by atoms with van der Waals surface area (Å²) in [7, 11) is 0. The molecule has 2 amide bonds. The van der Waals surface area contributed by atoms with Gasteiger partial charge in [0.1, 0.15) is 0 Å². The lowest BCUT2D eigenvalue weighted by atomic mass is 10.0. The molecule has 2 aliphatic rings. The van der Waals surface area contributed by atoms with Gasteiger partial charge in [-0.2, -0.15) is 0 Å². The molecular formula is C17H24ClN3O3. The number of rotatable bonds is 6. The van der Waals surface area contributed by atoms with Crippen molar-refractivity contribution in [2.24, 2.45) is 5.92 Å². The van der Waals surface area contributed by atoms with Gasteiger partial charge < -0.3 is 20.7 Å². The molecule has 1 aromatic carbocycles. The molecule has 2 saturated heterocycles. The van der Waals surface area contributed by atoms with Gasteiger partial charge in [-0.05, 0) is 30.5 Å². The number of ether oxygens (including phenoxy) is 1. The van der Waals surface area contributed by atoms with E-state index in [2.05, 4.69) is 16.0 Å². The number of amides is 2. The van der Waals surface area contributed by atoms with Crippen molar-refractivity contribution in [3.63, 3.8) is 0 Å². The van der Waals surface area contributed by atoms with Crippen molar-refractivity contribution in [1.82, 2.24) is 16.0 Å². The van der Waals surface area contributed by atoms with Gasteiger partial charge in [0, 0.05) is 38.3 Å². The van der Waals surface area contributed by atoms with E-state index in [1.165, 1.54) is 0 Å². The Labute approximate surface area is 148 Å². The fourth-order valence-electron chi connectivity index (χ4n) is 2.74. The summed E-state index contributed by atoms with van der Waals surface area (Å²) in [5.41, 5.74) is 1.54. The van der Waals surface area contributed by atoms with Crippen molar-refractivity contribution in [3.8, 4) is 0 Å². The quantitative estimate of drug-likeness (QED) is 0.708. The van der Waals surface area contributed by atoms with E-state index in [1.807, 2.05) is 18.2 Å². The van der Waals surface area contributed by atoms with Crippen LogP contribution < -0.4 is 16.0 Å². The first-order valence-electron chi connectivity index (χ1n) is 8.19. The zero-order valence-electron chi connectivity index (χ0n) is 13.5. The van der Waals surface area contributed by atoms with Gasteiger partial charge in [-0.1, -0.05) is 12.1 Å². The van der Waals surface area contributed by atoms with Crippen LogP contribution in [0.5, 0.6) is 0 Å². The molecule has 1 atom stereocenters. The third kappa shape index (κ3) is 4.93. The highest BCUT2D eigenvalue weighted by molar-refractivity contribution is 5.94. The second kappa shape index (κ2) is 9.01. The molecule has 7 heteroatoms. The number of hydrogen-bond donors (Lipinski definition) is 3. The topological polar surface area (TPSA) is 79.5 Å². The summed E-state index contributed by atoms with van der Waals surface area (Å²) in [5, 5.41) is 8.90. The summed E-state index contributed by atoms with van der Waals surface area (Å²) in [6.07, 6.45) is 2.20. The minimum Gasteiger partial charge on any atom is -0.376 e. The van der Waals surface area contributed by atoms with Crippen LogP contribution in [0.3, 0.4) is 0 Å². The molecule has 1 unspecified atom stereocenters. The predicted octanol–water partition coefficient (Wildman–Crippen LogP) is 0.853. The minimum absolute atomic E-state index is 0. The monoisotopic (exact) mass is 353 g/mol. The third-order valence-corrected chi connectivity index (χ3v) is 4.32. The Balaban J connectivity index is 0.00000208. The van der Waals surface area contributed by atoms with E-state index in [-0.39, 0.29) is 36.2 Å². The first-order valence-corrected chi connectivity index (χ1v) is 8.19. The number of halogens is 1. The molecule has 2 heterocycles. The molecule has 3 N–H and O–H groups in total. The van der Waals surface area contributed by atoms with Crippen molar-refractivity contribution < 1.29 is 14.3 Å². The first-order chi connectivity index (χ1) is 11.2. The Hall–Kier alpha value is -1.63. The van der Waals surface area contributed by atoms with E-state index in [0.29, 0.717) is 18.7 Å². The molecular weight excluding hydrogens is 330 g/mol. The van der Waals surface area contributed by atoms with Gasteiger partial charge in [-0.25, -0.2) is 0 Å². The number of carbonyl (C=O) groups excluding carboxylic acids is 2. The second-order valence-corrected chi connectivity index (χ2v) is 6.12. The molecule has 0 radical (unpaired) electrons. The van der Waals surface area contributed by atoms with Crippen molar-refractivity contribution in [3.05, 3.63) is 35.4 Å². The van der Waals surface area contributed by atoms with Gasteiger partial charge in [0.05, 0.1) is 12.0 Å². The summed E-state index contributed by atoms with van der Waals surface area (Å²) in [4.78, 5) is 24.0. The van der Waals surface area contributed by atoms with Crippen molar-refractivity contribution in [2.75, 3.05) is 26.2 Å². The van der Waals surface area contributed by atoms with Crippen LogP contribution in [0.1, 0.15) is 28.8 Å². The summed E-state index contributed by atoms with van der Waals surface area (Å²) in [5.74, 6) is 0.0433. The predicted molar refractivity (Wildman–Crippen MR) is 93.2 cm³/mol. The van der Waals surface area contributed by atoms with Crippen LogP contribution in [0.25, 0.3) is 0 Å². The first kappa shape index (κ1) is 18.7. The molecule has 3 rings (SSSR count). The van der Waals surface area contributed by atoms with Gasteiger partial charge >= 0.3 is 0 Å². The van der Waals surface area contributed by atoms with Crippen molar-refractivity contribution in [1.29, 1.82) is 0 Å². The highest BCUT2D eigenvalue weighted by Crippen LogP contribution is 2.11. The van der Waals surface area contributed by atoms with E-state index < -0.39 is 0 Å². The van der Waals surface area contributed by atoms with Crippen LogP contribution in [0.15, 0.2) is 24.3 Å². The van der Waals surface area contributed by atoms with E-state index in [9.17, 15) is 9.59 Å². The molecule has 0 spiro atoms. The van der Waals surface area contributed by atoms with Crippen LogP contribution >= 0.6 is 12.4 Å². The molecule has 132 valence electrons. The largest absolute Gasteiger partial charge is 0.376 e. The average Bonchev–Trinajstić information content (AvgIpc) is 3.02. The standard InChI is InChI=1S/C17H23N3O3.ClH/c21-16(20-11-15-5-2-6-23-15)13-4-1-3-12(7-13)8-19-17(22)14-9-18-10-14;/h1,3-4,7,14-15,18H,2,5-6,8-11H2,(H,19,22)(H,20,21);1H. The van der Waals surface area contributed by atoms with Gasteiger partial charge in [-0.3, -0.25) is 9.59 Å². The molecule has 0 saturated carbocycles. The fraction of sp³-hybridized carbons (Fsp3) is 0.529. The summed E-state index contributed by atoms with van der Waals surface area (Å²) >= 11 is 0. The maximum atomic E-state index is 12.2. The SMILES string of the molecule is Cl.O=C(NCC1CCCO1)c1cccc(CNC(=O)C2CNC2)c1. The van der Waals surface area contributed by atoms with Gasteiger partial charge in [0.25, 0.3) is 5.91 Å². The molecule has 0 bridgehead atoms. The molecule has 0 aliphatic carbocycles. The normalized spacial score (nSPS) is 19.9. The van der Waals surface area contributed by atoms with Crippen molar-refractivity contribution in [2.45, 2.75) is 25.5 Å². The smallest absolute Gasteiger partial charge is 0.251 e. The van der Waals surface area contributed by atoms with Crippen LogP contribution in [0.4, 0.5) is 0 Å². The zero-order valence-corrected chi connectivity index (χ0v) is 14.4. The summed E-state index contributed by atoms with van der Waals surface area (Å²) in [6.45, 7) is 3.28. The average molecular weight is 354 g/mol. The second-order valence-electron chi connectivity index (χ2n) is 6.12. The minimum atomic E-state index is -0.100. The molecule has 6 nitrogen and oxygen atoms in total. The number of hydrogen-bond acceptors (Lipinski definition) is 4. The Bertz CT molecular complexity index is 572. The van der Waals surface area contributed by atoms with Gasteiger partial charge in [-0.15, -0.1) is 12.4 Å². The van der Waals surface area contributed by atoms with E-state index in [1.54, 1.807) is 6.07 Å². The Kier molecular flexibility index (Phi) is 7.02. The number of nitrogens with one attached hydrogen (secondary N) is 3. The lowest BCUT2D eigenvalue weighted by Gasteiger charge is -2.25. The van der Waals surface area contributed by atoms with E-state index in [0.717, 1.165) is 38.1 Å². The summed E-state index contributed by atoms with van der Waals surface area (Å²) < 4.78 is 5.50. The van der Waals surface area contributed by atoms with E-state index >= 15 is 0 Å². The lowest BCUT2D eigenvalue weighted by Crippen LogP contribution is -2.50. The van der Waals surface area contributed by atoms with Crippen LogP contribution in [-0.4, -0.2) is 44.2 Å². The molecule has 1 aromatic rings. The molecule has 0 aromatic heterocycles. The van der Waals surface area contributed by atoms with Crippen LogP contribution in [-0.2, 0) is 16.1 Å². The number of carbonyl (C=O) groups is 2. The third-order valence-electron chi connectivity index (χ3n) is 4.32. The number of benzene rings is 1. The van der Waals surface area contributed by atoms with E-state index in [4.69, 9.17) is 4.74 Å². The van der Waals surface area contributed by atoms with Crippen LogP contribution in [0, 0.1) is 5.92 Å². The molecule has 2 fully saturated rings. The zero-order chi connectivity index (χ0) is 16.1. The lowest BCUT2D eigenvalue weighted by molar-refractivity contribution is -0.126. The highest BCUT2D eigenvalue weighted by Gasteiger charge is 2.24. The maximum Gasteiger partial charge on any atom is 0.251 e. The van der Waals surface area contributed by atoms with Crippen molar-refractivity contribution >= 4 is 24.2 Å². The Morgan fingerprint density at radius 1 is 1.25 bits per heavy atom. The Morgan fingerprint density at radius 2 is 2.08 bits per heavy atom. The summed E-state index contributed by atoms with van der Waals surface area (Å²) in [6, 6.07) is 7.36. The highest BCUT2D eigenvalue weighted by atomic mass is 35.5. The van der Waals surface area contributed by atoms with Gasteiger partial charge in [0.2, 0.25) is 5.91 Å². The van der Waals surface area contributed by atoms with Crippen LogP contribution in [0.2, 0.25) is 0 Å². The van der Waals surface area contributed by atoms with Gasteiger partial charge in [0.15, 0.2) is 0 Å². The Morgan fingerprint density at radius 3 is 2.75 bits per heavy atom.